The number of carbonyl (C=O) groups is 2. The molecule has 0 saturated heterocycles. The summed E-state index contributed by atoms with van der Waals surface area (Å²) >= 11 is 6.04. The lowest BCUT2D eigenvalue weighted by Crippen LogP contribution is -2.31. The molecule has 36 heavy (non-hydrogen) atoms. The summed E-state index contributed by atoms with van der Waals surface area (Å²) < 4.78 is 49.9. The van der Waals surface area contributed by atoms with Gasteiger partial charge < -0.3 is 20.1 Å². The summed E-state index contributed by atoms with van der Waals surface area (Å²) in [7, 11) is 0. The van der Waals surface area contributed by atoms with Crippen molar-refractivity contribution in [2.75, 3.05) is 18.5 Å². The third-order valence-corrected chi connectivity index (χ3v) is 5.40. The third kappa shape index (κ3) is 7.64. The Labute approximate surface area is 211 Å². The van der Waals surface area contributed by atoms with Crippen LogP contribution >= 0.6 is 11.6 Å². The molecule has 0 spiro atoms. The number of rotatable bonds is 9. The summed E-state index contributed by atoms with van der Waals surface area (Å²) in [6.45, 7) is 2.10. The third-order valence-electron chi connectivity index (χ3n) is 5.07. The number of hydrogen-bond acceptors (Lipinski definition) is 4. The first-order valence-electron chi connectivity index (χ1n) is 11.1. The Balaban J connectivity index is 1.70. The van der Waals surface area contributed by atoms with Crippen molar-refractivity contribution < 1.29 is 32.2 Å². The average Bonchev–Trinajstić information content (AvgIpc) is 2.85. The molecule has 1 atom stereocenters. The van der Waals surface area contributed by atoms with E-state index >= 15 is 0 Å². The molecule has 0 heterocycles. The van der Waals surface area contributed by atoms with Gasteiger partial charge in [0, 0.05) is 13.0 Å². The van der Waals surface area contributed by atoms with Crippen molar-refractivity contribution in [2.24, 2.45) is 0 Å². The van der Waals surface area contributed by atoms with E-state index < -0.39 is 29.8 Å². The van der Waals surface area contributed by atoms with Gasteiger partial charge in [-0.15, -0.1) is 0 Å². The van der Waals surface area contributed by atoms with Gasteiger partial charge in [-0.2, -0.15) is 13.2 Å². The van der Waals surface area contributed by atoms with Gasteiger partial charge in [-0.3, -0.25) is 0 Å². The minimum Gasteiger partial charge on any atom is -0.486 e. The zero-order chi connectivity index (χ0) is 26.1. The molecule has 2 N–H and O–H groups in total. The molecule has 0 bridgehead atoms. The molecule has 0 saturated carbocycles. The van der Waals surface area contributed by atoms with Crippen LogP contribution < -0.4 is 15.4 Å². The molecule has 2 amide bonds. The van der Waals surface area contributed by atoms with Gasteiger partial charge in [0.15, 0.2) is 0 Å². The largest absolute Gasteiger partial charge is 0.486 e. The fourth-order valence-electron chi connectivity index (χ4n) is 3.27. The van der Waals surface area contributed by atoms with Crippen molar-refractivity contribution in [3.63, 3.8) is 0 Å². The molecular formula is C26H24ClF3N2O4. The van der Waals surface area contributed by atoms with E-state index in [2.05, 4.69) is 10.6 Å². The first-order chi connectivity index (χ1) is 17.2. The molecule has 3 rings (SSSR count). The molecule has 0 aliphatic carbocycles. The molecule has 1 unspecified atom stereocenters. The lowest BCUT2D eigenvalue weighted by molar-refractivity contribution is -0.137. The maximum Gasteiger partial charge on any atom is 0.416 e. The average molecular weight is 521 g/mol. The van der Waals surface area contributed by atoms with Crippen LogP contribution in [-0.4, -0.2) is 25.2 Å². The first-order valence-corrected chi connectivity index (χ1v) is 11.5. The predicted octanol–water partition coefficient (Wildman–Crippen LogP) is 6.87. The molecule has 0 aromatic heterocycles. The monoisotopic (exact) mass is 520 g/mol. The van der Waals surface area contributed by atoms with E-state index in [1.54, 1.807) is 43.3 Å². The number of benzene rings is 3. The molecule has 10 heteroatoms. The van der Waals surface area contributed by atoms with Gasteiger partial charge in [-0.1, -0.05) is 35.9 Å². The van der Waals surface area contributed by atoms with E-state index in [-0.39, 0.29) is 19.6 Å². The summed E-state index contributed by atoms with van der Waals surface area (Å²) in [5.41, 5.74) is 0.494. The van der Waals surface area contributed by atoms with Crippen LogP contribution in [0.5, 0.6) is 5.75 Å². The van der Waals surface area contributed by atoms with Crippen molar-refractivity contribution in [2.45, 2.75) is 25.6 Å². The highest BCUT2D eigenvalue weighted by Crippen LogP contribution is 2.31. The Kier molecular flexibility index (Phi) is 9.19. The predicted molar refractivity (Wildman–Crippen MR) is 130 cm³/mol. The van der Waals surface area contributed by atoms with E-state index in [0.29, 0.717) is 27.6 Å². The Morgan fingerprint density at radius 3 is 2.25 bits per heavy atom. The number of urea groups is 1. The van der Waals surface area contributed by atoms with Crippen molar-refractivity contribution in [3.8, 4) is 5.75 Å². The van der Waals surface area contributed by atoms with Crippen LogP contribution in [0.2, 0.25) is 5.02 Å². The maximum absolute atomic E-state index is 13.0. The summed E-state index contributed by atoms with van der Waals surface area (Å²) in [4.78, 5) is 24.1. The van der Waals surface area contributed by atoms with E-state index in [4.69, 9.17) is 21.1 Å². The van der Waals surface area contributed by atoms with Gasteiger partial charge in [0.05, 0.1) is 28.4 Å². The standard InChI is InChI=1S/C26H24ClF3N2O4/c1-2-35-24(33)18-9-13-20(14-10-18)36-23(17-7-11-19(12-8-17)26(28,29)30)15-16-31-25(34)32-22-6-4-3-5-21(22)27/h3-14,23H,2,15-16H2,1H3,(H2,31,32,34). The highest BCUT2D eigenvalue weighted by Gasteiger charge is 2.30. The fraction of sp³-hybridized carbons (Fsp3) is 0.231. The number of alkyl halides is 3. The van der Waals surface area contributed by atoms with Crippen molar-refractivity contribution in [1.82, 2.24) is 5.32 Å². The van der Waals surface area contributed by atoms with Crippen LogP contribution in [0.15, 0.2) is 72.8 Å². The van der Waals surface area contributed by atoms with E-state index in [9.17, 15) is 22.8 Å². The summed E-state index contributed by atoms with van der Waals surface area (Å²) in [5.74, 6) is -0.0782. The molecule has 6 nitrogen and oxygen atoms in total. The Morgan fingerprint density at radius 2 is 1.64 bits per heavy atom. The molecule has 0 aliphatic rings. The number of halogens is 4. The summed E-state index contributed by atoms with van der Waals surface area (Å²) in [6.07, 6.45) is -4.89. The molecule has 3 aromatic rings. The Morgan fingerprint density at radius 1 is 0.972 bits per heavy atom. The fourth-order valence-corrected chi connectivity index (χ4v) is 3.46. The second kappa shape index (κ2) is 12.3. The number of carbonyl (C=O) groups excluding carboxylic acids is 2. The van der Waals surface area contributed by atoms with Gasteiger partial charge in [-0.05, 0) is 61.0 Å². The van der Waals surface area contributed by atoms with E-state index in [1.165, 1.54) is 24.3 Å². The second-order valence-corrected chi connectivity index (χ2v) is 8.03. The number of esters is 1. The van der Waals surface area contributed by atoms with E-state index in [1.807, 2.05) is 0 Å². The number of anilines is 1. The second-order valence-electron chi connectivity index (χ2n) is 7.62. The van der Waals surface area contributed by atoms with Crippen LogP contribution in [0, 0.1) is 0 Å². The summed E-state index contributed by atoms with van der Waals surface area (Å²) in [6, 6.07) is 17.1. The van der Waals surface area contributed by atoms with E-state index in [0.717, 1.165) is 12.1 Å². The lowest BCUT2D eigenvalue weighted by Gasteiger charge is -2.21. The lowest BCUT2D eigenvalue weighted by atomic mass is 10.0. The number of para-hydroxylation sites is 1. The van der Waals surface area contributed by atoms with Gasteiger partial charge in [-0.25, -0.2) is 9.59 Å². The number of ether oxygens (including phenoxy) is 2. The molecule has 190 valence electrons. The van der Waals surface area contributed by atoms with Crippen LogP contribution in [0.25, 0.3) is 0 Å². The maximum atomic E-state index is 13.0. The molecule has 0 aliphatic heterocycles. The van der Waals surface area contributed by atoms with Crippen LogP contribution in [0.1, 0.15) is 40.9 Å². The number of nitrogens with one attached hydrogen (secondary N) is 2. The normalized spacial score (nSPS) is 11.9. The van der Waals surface area contributed by atoms with Crippen LogP contribution in [0.4, 0.5) is 23.7 Å². The first kappa shape index (κ1) is 26.9. The van der Waals surface area contributed by atoms with Gasteiger partial charge in [0.25, 0.3) is 0 Å². The minimum absolute atomic E-state index is 0.156. The van der Waals surface area contributed by atoms with Crippen LogP contribution in [0.3, 0.4) is 0 Å². The molecule has 0 fully saturated rings. The van der Waals surface area contributed by atoms with Gasteiger partial charge in [0.2, 0.25) is 0 Å². The van der Waals surface area contributed by atoms with Crippen molar-refractivity contribution in [3.05, 3.63) is 94.5 Å². The van der Waals surface area contributed by atoms with Crippen LogP contribution in [-0.2, 0) is 10.9 Å². The molecule has 0 radical (unpaired) electrons. The Bertz CT molecular complexity index is 1170. The van der Waals surface area contributed by atoms with Crippen molar-refractivity contribution in [1.29, 1.82) is 0 Å². The van der Waals surface area contributed by atoms with Gasteiger partial charge >= 0.3 is 18.2 Å². The zero-order valence-electron chi connectivity index (χ0n) is 19.3. The SMILES string of the molecule is CCOC(=O)c1ccc(OC(CCNC(=O)Nc2ccccc2Cl)c2ccc(C(F)(F)F)cc2)cc1. The Hall–Kier alpha value is -3.72. The topological polar surface area (TPSA) is 76.7 Å². The van der Waals surface area contributed by atoms with Gasteiger partial charge in [0.1, 0.15) is 11.9 Å². The highest BCUT2D eigenvalue weighted by atomic mass is 35.5. The number of amides is 2. The summed E-state index contributed by atoms with van der Waals surface area (Å²) in [5, 5.41) is 5.70. The number of hydrogen-bond donors (Lipinski definition) is 2. The highest BCUT2D eigenvalue weighted by molar-refractivity contribution is 6.33. The zero-order valence-corrected chi connectivity index (χ0v) is 20.0. The van der Waals surface area contributed by atoms with Crippen molar-refractivity contribution >= 4 is 29.3 Å². The molecule has 3 aromatic carbocycles. The quantitative estimate of drug-likeness (QED) is 0.302. The minimum atomic E-state index is -4.46. The molecular weight excluding hydrogens is 497 g/mol. The smallest absolute Gasteiger partial charge is 0.416 e.